The van der Waals surface area contributed by atoms with Crippen molar-refractivity contribution in [1.29, 1.82) is 0 Å². The number of nitrogens with one attached hydrogen (secondary N) is 2. The number of carbonyl (C=O) groups excluding carboxylic acids is 1. The quantitative estimate of drug-likeness (QED) is 0.892. The third-order valence-electron chi connectivity index (χ3n) is 5.52. The van der Waals surface area contributed by atoms with Crippen LogP contribution in [0.15, 0.2) is 18.2 Å². The van der Waals surface area contributed by atoms with Crippen LogP contribution in [0.3, 0.4) is 0 Å². The minimum absolute atomic E-state index is 0.0609. The van der Waals surface area contributed by atoms with Gasteiger partial charge in [-0.25, -0.2) is 0 Å². The fourth-order valence-corrected chi connectivity index (χ4v) is 4.19. The molecule has 2 N–H and O–H groups in total. The smallest absolute Gasteiger partial charge is 0.272 e. The molecule has 24 heavy (non-hydrogen) atoms. The van der Waals surface area contributed by atoms with Crippen molar-refractivity contribution in [2.24, 2.45) is 5.92 Å². The van der Waals surface area contributed by atoms with Gasteiger partial charge in [0.15, 0.2) is 5.69 Å². The fraction of sp³-hybridized carbons (Fsp3) is 0.556. The molecular weight excluding hydrogens is 302 g/mol. The van der Waals surface area contributed by atoms with Crippen LogP contribution in [0.4, 0.5) is 0 Å². The van der Waals surface area contributed by atoms with Crippen LogP contribution in [0.25, 0.3) is 10.9 Å². The van der Waals surface area contributed by atoms with Gasteiger partial charge < -0.3 is 15.1 Å². The minimum Gasteiger partial charge on any atom is -0.346 e. The van der Waals surface area contributed by atoms with Crippen molar-refractivity contribution in [3.63, 3.8) is 0 Å². The number of aromatic nitrogens is 2. The maximum absolute atomic E-state index is 12.8. The van der Waals surface area contributed by atoms with Crippen LogP contribution in [-0.4, -0.2) is 65.7 Å². The summed E-state index contributed by atoms with van der Waals surface area (Å²) in [5, 5.41) is 11.4. The Bertz CT molecular complexity index is 768. The summed E-state index contributed by atoms with van der Waals surface area (Å²) in [6.07, 6.45) is 2.47. The second-order valence-corrected chi connectivity index (χ2v) is 7.52. The van der Waals surface area contributed by atoms with E-state index in [1.54, 1.807) is 0 Å². The molecule has 6 heteroatoms. The van der Waals surface area contributed by atoms with E-state index in [0.29, 0.717) is 17.7 Å². The molecule has 1 amide bonds. The molecule has 1 unspecified atom stereocenters. The number of rotatable bonds is 4. The summed E-state index contributed by atoms with van der Waals surface area (Å²) >= 11 is 0. The molecule has 128 valence electrons. The Morgan fingerprint density at radius 1 is 1.42 bits per heavy atom. The van der Waals surface area contributed by atoms with E-state index in [0.717, 1.165) is 24.0 Å². The Hall–Kier alpha value is -1.92. The lowest BCUT2D eigenvalue weighted by Crippen LogP contribution is -2.45. The number of fused-ring (bicyclic) bond motifs is 2. The molecule has 1 aromatic heterocycles. The molecule has 4 rings (SSSR count). The number of benzene rings is 1. The Kier molecular flexibility index (Phi) is 3.81. The van der Waals surface area contributed by atoms with Crippen molar-refractivity contribution in [1.82, 2.24) is 25.3 Å². The van der Waals surface area contributed by atoms with E-state index >= 15 is 0 Å². The third kappa shape index (κ3) is 2.59. The molecule has 0 spiro atoms. The van der Waals surface area contributed by atoms with E-state index in [9.17, 15) is 4.79 Å². The van der Waals surface area contributed by atoms with Crippen LogP contribution in [0.5, 0.6) is 0 Å². The second-order valence-electron chi connectivity index (χ2n) is 7.52. The molecule has 3 atom stereocenters. The van der Waals surface area contributed by atoms with E-state index in [4.69, 9.17) is 0 Å². The highest BCUT2D eigenvalue weighted by Crippen LogP contribution is 2.39. The van der Waals surface area contributed by atoms with Crippen molar-refractivity contribution in [2.75, 3.05) is 27.7 Å². The monoisotopic (exact) mass is 327 g/mol. The maximum atomic E-state index is 12.8. The summed E-state index contributed by atoms with van der Waals surface area (Å²) in [5.41, 5.74) is 2.60. The molecule has 1 saturated heterocycles. The van der Waals surface area contributed by atoms with Gasteiger partial charge in [0, 0.05) is 30.6 Å². The standard InChI is InChI=1S/C18H25N5O/c1-22(2)9-11-4-6-14-13(8-11)17(21-20-14)18(24)19-15-10-23(3)16-7-5-12(15)16/h4,6,8,12,15-16H,5,7,9-10H2,1-3H3,(H,19,24)(H,20,21)/t12-,15-,16?/m1/s1. The lowest BCUT2D eigenvalue weighted by atomic mass is 9.78. The molecule has 1 aliphatic carbocycles. The number of likely N-dealkylation sites (N-methyl/N-ethyl adjacent to an activating group) is 1. The van der Waals surface area contributed by atoms with Crippen molar-refractivity contribution in [3.8, 4) is 0 Å². The van der Waals surface area contributed by atoms with Gasteiger partial charge in [0.05, 0.1) is 5.52 Å². The normalized spacial score (nSPS) is 26.6. The van der Waals surface area contributed by atoms with Gasteiger partial charge in [-0.1, -0.05) is 6.07 Å². The summed E-state index contributed by atoms with van der Waals surface area (Å²) in [7, 11) is 6.23. The number of hydrogen-bond donors (Lipinski definition) is 2. The van der Waals surface area contributed by atoms with Crippen LogP contribution in [0, 0.1) is 5.92 Å². The summed E-state index contributed by atoms with van der Waals surface area (Å²) in [5.74, 6) is 0.544. The number of aromatic amines is 1. The molecule has 1 saturated carbocycles. The van der Waals surface area contributed by atoms with Gasteiger partial charge in [-0.05, 0) is 57.6 Å². The largest absolute Gasteiger partial charge is 0.346 e. The van der Waals surface area contributed by atoms with Gasteiger partial charge in [-0.2, -0.15) is 5.10 Å². The van der Waals surface area contributed by atoms with Gasteiger partial charge in [0.2, 0.25) is 0 Å². The van der Waals surface area contributed by atoms with Crippen molar-refractivity contribution < 1.29 is 4.79 Å². The Morgan fingerprint density at radius 2 is 2.25 bits per heavy atom. The number of H-pyrrole nitrogens is 1. The number of likely N-dealkylation sites (tertiary alicyclic amines) is 1. The van der Waals surface area contributed by atoms with Gasteiger partial charge in [0.1, 0.15) is 0 Å². The predicted molar refractivity (Wildman–Crippen MR) is 93.9 cm³/mol. The third-order valence-corrected chi connectivity index (χ3v) is 5.52. The molecule has 0 bridgehead atoms. The number of hydrogen-bond acceptors (Lipinski definition) is 4. The van der Waals surface area contributed by atoms with Crippen molar-refractivity contribution in [2.45, 2.75) is 31.5 Å². The van der Waals surface area contributed by atoms with Crippen LogP contribution in [-0.2, 0) is 6.54 Å². The van der Waals surface area contributed by atoms with Crippen LogP contribution < -0.4 is 5.32 Å². The molecule has 2 heterocycles. The molecule has 2 aromatic rings. The average Bonchev–Trinajstić information content (AvgIpc) is 2.96. The maximum Gasteiger partial charge on any atom is 0.272 e. The molecular formula is C18H25N5O. The number of nitrogens with zero attached hydrogens (tertiary/aromatic N) is 3. The average molecular weight is 327 g/mol. The highest BCUT2D eigenvalue weighted by Gasteiger charge is 2.46. The highest BCUT2D eigenvalue weighted by atomic mass is 16.2. The SMILES string of the molecule is CN(C)Cc1ccc2[nH]nc(C(=O)N[C@@H]3CN(C)C4CC[C@@H]43)c2c1. The minimum atomic E-state index is -0.0609. The van der Waals surface area contributed by atoms with Crippen LogP contribution in [0.2, 0.25) is 0 Å². The first-order valence-corrected chi connectivity index (χ1v) is 8.66. The molecule has 1 aliphatic heterocycles. The van der Waals surface area contributed by atoms with Crippen molar-refractivity contribution in [3.05, 3.63) is 29.5 Å². The first-order chi connectivity index (χ1) is 11.5. The van der Waals surface area contributed by atoms with E-state index in [2.05, 4.69) is 44.5 Å². The fourth-order valence-electron chi connectivity index (χ4n) is 4.19. The number of carbonyl (C=O) groups is 1. The van der Waals surface area contributed by atoms with Crippen molar-refractivity contribution >= 4 is 16.8 Å². The first-order valence-electron chi connectivity index (χ1n) is 8.66. The first kappa shape index (κ1) is 15.6. The van der Waals surface area contributed by atoms with E-state index < -0.39 is 0 Å². The lowest BCUT2D eigenvalue weighted by Gasteiger charge is -2.35. The summed E-state index contributed by atoms with van der Waals surface area (Å²) in [6.45, 7) is 1.79. The van der Waals surface area contributed by atoms with Crippen LogP contribution >= 0.6 is 0 Å². The molecule has 6 nitrogen and oxygen atoms in total. The Balaban J connectivity index is 1.55. The predicted octanol–water partition coefficient (Wildman–Crippen LogP) is 1.45. The van der Waals surface area contributed by atoms with Gasteiger partial charge in [-0.15, -0.1) is 0 Å². The molecule has 1 aromatic carbocycles. The summed E-state index contributed by atoms with van der Waals surface area (Å²) < 4.78 is 0. The second kappa shape index (κ2) is 5.86. The van der Waals surface area contributed by atoms with E-state index in [1.165, 1.54) is 18.4 Å². The van der Waals surface area contributed by atoms with Gasteiger partial charge in [0.25, 0.3) is 5.91 Å². The number of amides is 1. The highest BCUT2D eigenvalue weighted by molar-refractivity contribution is 6.05. The summed E-state index contributed by atoms with van der Waals surface area (Å²) in [6, 6.07) is 7.05. The topological polar surface area (TPSA) is 64.3 Å². The zero-order valence-corrected chi connectivity index (χ0v) is 14.5. The van der Waals surface area contributed by atoms with Gasteiger partial charge >= 0.3 is 0 Å². The molecule has 2 aliphatic rings. The Labute approximate surface area is 142 Å². The zero-order chi connectivity index (χ0) is 16.8. The summed E-state index contributed by atoms with van der Waals surface area (Å²) in [4.78, 5) is 17.3. The van der Waals surface area contributed by atoms with E-state index in [1.807, 2.05) is 20.2 Å². The lowest BCUT2D eigenvalue weighted by molar-refractivity contribution is 0.0911. The van der Waals surface area contributed by atoms with Gasteiger partial charge in [-0.3, -0.25) is 9.89 Å². The molecule has 2 fully saturated rings. The molecule has 0 radical (unpaired) electrons. The Morgan fingerprint density at radius 3 is 2.92 bits per heavy atom. The zero-order valence-electron chi connectivity index (χ0n) is 14.5. The van der Waals surface area contributed by atoms with E-state index in [-0.39, 0.29) is 11.9 Å². The van der Waals surface area contributed by atoms with Crippen LogP contribution in [0.1, 0.15) is 28.9 Å².